The van der Waals surface area contributed by atoms with Crippen LogP contribution in [0.2, 0.25) is 5.15 Å². The number of imidazole rings is 1. The van der Waals surface area contributed by atoms with Gasteiger partial charge in [-0.2, -0.15) is 0 Å². The van der Waals surface area contributed by atoms with Crippen LogP contribution in [0.15, 0.2) is 36.5 Å². The average molecular weight is 338 g/mol. The third kappa shape index (κ3) is 4.72. The number of nitrogens with one attached hydrogen (secondary N) is 1. The maximum atomic E-state index is 11.9. The molecule has 23 heavy (non-hydrogen) atoms. The summed E-state index contributed by atoms with van der Waals surface area (Å²) < 4.78 is 6.60. The fraction of sp³-hybridized carbons (Fsp3) is 0.267. The summed E-state index contributed by atoms with van der Waals surface area (Å²) in [6.07, 6.45) is 0.337. The Morgan fingerprint density at radius 2 is 2.09 bits per heavy atom. The molecule has 1 atom stereocenters. The number of alkyl carbamates (subject to hydrolysis) is 1. The molecule has 1 aromatic heterocycles. The minimum Gasteiger partial charge on any atom is -0.481 e. The third-order valence-electron chi connectivity index (χ3n) is 3.16. The zero-order valence-corrected chi connectivity index (χ0v) is 13.2. The van der Waals surface area contributed by atoms with Gasteiger partial charge in [0.25, 0.3) is 0 Å². The predicted octanol–water partition coefficient (Wildman–Crippen LogP) is 2.52. The maximum absolute atomic E-state index is 11.9. The quantitative estimate of drug-likeness (QED) is 0.844. The molecule has 122 valence electrons. The highest BCUT2D eigenvalue weighted by Gasteiger charge is 2.23. The van der Waals surface area contributed by atoms with Gasteiger partial charge in [0.15, 0.2) is 0 Å². The molecule has 0 aliphatic carbocycles. The summed E-state index contributed by atoms with van der Waals surface area (Å²) in [5.74, 6) is -0.730. The lowest BCUT2D eigenvalue weighted by atomic mass is 10.2. The van der Waals surface area contributed by atoms with Crippen LogP contribution in [0.5, 0.6) is 0 Å². The second-order valence-electron chi connectivity index (χ2n) is 4.85. The third-order valence-corrected chi connectivity index (χ3v) is 3.51. The number of hydrogen-bond acceptors (Lipinski definition) is 4. The van der Waals surface area contributed by atoms with Gasteiger partial charge in [-0.05, 0) is 5.56 Å². The van der Waals surface area contributed by atoms with E-state index in [-0.39, 0.29) is 13.0 Å². The van der Waals surface area contributed by atoms with Crippen molar-refractivity contribution >= 4 is 23.7 Å². The molecule has 0 spiro atoms. The summed E-state index contributed by atoms with van der Waals surface area (Å²) in [7, 11) is 1.64. The zero-order valence-electron chi connectivity index (χ0n) is 12.4. The molecule has 0 radical (unpaired) electrons. The SMILES string of the molecule is Cn1c(Cl)cnc1C(CC(=O)O)NC(=O)OCc1ccccc1. The van der Waals surface area contributed by atoms with Gasteiger partial charge in [-0.3, -0.25) is 4.79 Å². The minimum absolute atomic E-state index is 0.0911. The molecule has 0 aliphatic heterocycles. The standard InChI is InChI=1S/C15H16ClN3O4/c1-19-12(16)8-17-14(19)11(7-13(20)21)18-15(22)23-9-10-5-3-2-4-6-10/h2-6,8,11H,7,9H2,1H3,(H,18,22)(H,20,21). The number of rotatable bonds is 6. The Morgan fingerprint density at radius 3 is 2.65 bits per heavy atom. The van der Waals surface area contributed by atoms with Crippen molar-refractivity contribution in [2.24, 2.45) is 7.05 Å². The number of aliphatic carboxylic acids is 1. The molecule has 1 unspecified atom stereocenters. The second kappa shape index (κ2) is 7.64. The van der Waals surface area contributed by atoms with Crippen LogP contribution in [0, 0.1) is 0 Å². The highest BCUT2D eigenvalue weighted by molar-refractivity contribution is 6.29. The summed E-state index contributed by atoms with van der Waals surface area (Å²) in [4.78, 5) is 26.9. The van der Waals surface area contributed by atoms with Crippen molar-refractivity contribution in [2.45, 2.75) is 19.1 Å². The van der Waals surface area contributed by atoms with Crippen molar-refractivity contribution in [3.05, 3.63) is 53.1 Å². The van der Waals surface area contributed by atoms with E-state index in [1.165, 1.54) is 10.8 Å². The largest absolute Gasteiger partial charge is 0.481 e. The molecule has 1 heterocycles. The number of nitrogens with zero attached hydrogens (tertiary/aromatic N) is 2. The Kier molecular flexibility index (Phi) is 5.59. The van der Waals surface area contributed by atoms with E-state index in [9.17, 15) is 9.59 Å². The van der Waals surface area contributed by atoms with Gasteiger partial charge in [-0.15, -0.1) is 0 Å². The molecule has 2 aromatic rings. The number of aromatic nitrogens is 2. The van der Waals surface area contributed by atoms with Gasteiger partial charge in [-0.25, -0.2) is 9.78 Å². The first-order valence-electron chi connectivity index (χ1n) is 6.83. The van der Waals surface area contributed by atoms with Crippen molar-refractivity contribution < 1.29 is 19.4 Å². The number of benzene rings is 1. The first-order chi connectivity index (χ1) is 11.0. The molecule has 1 amide bonds. The van der Waals surface area contributed by atoms with Gasteiger partial charge in [0.1, 0.15) is 23.6 Å². The fourth-order valence-electron chi connectivity index (χ4n) is 2.01. The minimum atomic E-state index is -1.07. The van der Waals surface area contributed by atoms with E-state index in [1.54, 1.807) is 7.05 Å². The lowest BCUT2D eigenvalue weighted by Crippen LogP contribution is -2.32. The van der Waals surface area contributed by atoms with Crippen LogP contribution in [0.25, 0.3) is 0 Å². The Hall–Kier alpha value is -2.54. The van der Waals surface area contributed by atoms with E-state index < -0.39 is 18.1 Å². The molecule has 0 saturated carbocycles. The van der Waals surface area contributed by atoms with Crippen LogP contribution >= 0.6 is 11.6 Å². The summed E-state index contributed by atoms with van der Waals surface area (Å²) in [6.45, 7) is 0.0911. The van der Waals surface area contributed by atoms with E-state index in [0.29, 0.717) is 11.0 Å². The van der Waals surface area contributed by atoms with Gasteiger partial charge in [-0.1, -0.05) is 41.9 Å². The first kappa shape index (κ1) is 16.8. The van der Waals surface area contributed by atoms with Crippen LogP contribution in [0.3, 0.4) is 0 Å². The number of ether oxygens (including phenoxy) is 1. The smallest absolute Gasteiger partial charge is 0.408 e. The lowest BCUT2D eigenvalue weighted by molar-refractivity contribution is -0.137. The molecule has 0 saturated heterocycles. The lowest BCUT2D eigenvalue weighted by Gasteiger charge is -2.17. The van der Waals surface area contributed by atoms with E-state index in [1.807, 2.05) is 30.3 Å². The number of carbonyl (C=O) groups is 2. The number of carboxylic acid groups (broad SMARTS) is 1. The van der Waals surface area contributed by atoms with E-state index >= 15 is 0 Å². The predicted molar refractivity (Wildman–Crippen MR) is 83.0 cm³/mol. The van der Waals surface area contributed by atoms with Crippen molar-refractivity contribution in [3.63, 3.8) is 0 Å². The topological polar surface area (TPSA) is 93.5 Å². The van der Waals surface area contributed by atoms with Crippen molar-refractivity contribution in [2.75, 3.05) is 0 Å². The van der Waals surface area contributed by atoms with Gasteiger partial charge >= 0.3 is 12.1 Å². The van der Waals surface area contributed by atoms with E-state index in [0.717, 1.165) is 5.56 Å². The van der Waals surface area contributed by atoms with Crippen LogP contribution in [0.4, 0.5) is 4.79 Å². The zero-order chi connectivity index (χ0) is 16.8. The Balaban J connectivity index is 2.01. The van der Waals surface area contributed by atoms with Gasteiger partial charge < -0.3 is 19.7 Å². The molecular weight excluding hydrogens is 322 g/mol. The van der Waals surface area contributed by atoms with Crippen LogP contribution in [-0.2, 0) is 23.2 Å². The van der Waals surface area contributed by atoms with Crippen LogP contribution < -0.4 is 5.32 Å². The number of carbonyl (C=O) groups excluding carboxylic acids is 1. The molecule has 2 rings (SSSR count). The van der Waals surface area contributed by atoms with E-state index in [4.69, 9.17) is 21.4 Å². The molecule has 0 bridgehead atoms. The Labute approximate surface area is 137 Å². The first-order valence-corrected chi connectivity index (χ1v) is 7.21. The highest BCUT2D eigenvalue weighted by Crippen LogP contribution is 2.19. The van der Waals surface area contributed by atoms with Crippen molar-refractivity contribution in [1.29, 1.82) is 0 Å². The highest BCUT2D eigenvalue weighted by atomic mass is 35.5. The average Bonchev–Trinajstić information content (AvgIpc) is 2.85. The van der Waals surface area contributed by atoms with Gasteiger partial charge in [0, 0.05) is 7.05 Å². The Morgan fingerprint density at radius 1 is 1.39 bits per heavy atom. The van der Waals surface area contributed by atoms with Gasteiger partial charge in [0.2, 0.25) is 0 Å². The summed E-state index contributed by atoms with van der Waals surface area (Å²) in [5, 5.41) is 11.8. The number of carboxylic acids is 1. The molecule has 0 fully saturated rings. The molecule has 2 N–H and O–H groups in total. The van der Waals surface area contributed by atoms with Crippen LogP contribution in [-0.4, -0.2) is 26.7 Å². The van der Waals surface area contributed by atoms with Gasteiger partial charge in [0.05, 0.1) is 12.6 Å². The molecule has 7 nitrogen and oxygen atoms in total. The van der Waals surface area contributed by atoms with Crippen molar-refractivity contribution in [3.8, 4) is 0 Å². The normalized spacial score (nSPS) is 11.7. The van der Waals surface area contributed by atoms with E-state index in [2.05, 4.69) is 10.3 Å². The summed E-state index contributed by atoms with van der Waals surface area (Å²) in [5.41, 5.74) is 0.831. The number of hydrogen-bond donors (Lipinski definition) is 2. The molecule has 0 aliphatic rings. The van der Waals surface area contributed by atoms with Crippen LogP contribution in [0.1, 0.15) is 23.9 Å². The maximum Gasteiger partial charge on any atom is 0.408 e. The molecule has 8 heteroatoms. The monoisotopic (exact) mass is 337 g/mol. The second-order valence-corrected chi connectivity index (χ2v) is 5.24. The summed E-state index contributed by atoms with van der Waals surface area (Å²) in [6, 6.07) is 8.32. The van der Waals surface area contributed by atoms with Crippen molar-refractivity contribution in [1.82, 2.24) is 14.9 Å². The number of halogens is 1. The Bertz CT molecular complexity index is 687. The fourth-order valence-corrected chi connectivity index (χ4v) is 2.15. The number of amides is 1. The molecule has 1 aromatic carbocycles. The summed E-state index contributed by atoms with van der Waals surface area (Å²) >= 11 is 5.90. The molecular formula is C15H16ClN3O4.